The lowest BCUT2D eigenvalue weighted by atomic mass is 9.93. The topological polar surface area (TPSA) is 30.7 Å². The quantitative estimate of drug-likeness (QED) is 0.778. The Morgan fingerprint density at radius 1 is 1.29 bits per heavy atom. The highest BCUT2D eigenvalue weighted by Crippen LogP contribution is 2.43. The van der Waals surface area contributed by atoms with Crippen LogP contribution in [0.5, 0.6) is 0 Å². The largest absolute Gasteiger partial charge is 0.309 e. The molecule has 1 saturated carbocycles. The van der Waals surface area contributed by atoms with Crippen LogP contribution in [-0.2, 0) is 6.42 Å². The van der Waals surface area contributed by atoms with Gasteiger partial charge < -0.3 is 4.57 Å². The molecule has 0 saturated heterocycles. The van der Waals surface area contributed by atoms with Crippen LogP contribution in [0.15, 0.2) is 12.1 Å². The van der Waals surface area contributed by atoms with Crippen molar-refractivity contribution in [2.24, 2.45) is 11.8 Å². The van der Waals surface area contributed by atoms with Crippen molar-refractivity contribution in [3.63, 3.8) is 0 Å². The Morgan fingerprint density at radius 3 is 2.76 bits per heavy atom. The first-order valence-corrected chi connectivity index (χ1v) is 8.59. The molecule has 2 heterocycles. The number of alkyl halides is 1. The zero-order valence-corrected chi connectivity index (χ0v) is 13.9. The van der Waals surface area contributed by atoms with E-state index < -0.39 is 0 Å². The Hall–Kier alpha value is -1.09. The smallest absolute Gasteiger partial charge is 0.160 e. The van der Waals surface area contributed by atoms with Gasteiger partial charge >= 0.3 is 0 Å². The van der Waals surface area contributed by atoms with Gasteiger partial charge in [-0.25, -0.2) is 9.97 Å². The van der Waals surface area contributed by atoms with Crippen LogP contribution < -0.4 is 0 Å². The molecule has 0 N–H and O–H groups in total. The number of rotatable bonds is 4. The Bertz CT molecular complexity index is 634. The van der Waals surface area contributed by atoms with Crippen LogP contribution in [-0.4, -0.2) is 20.4 Å². The van der Waals surface area contributed by atoms with Gasteiger partial charge in [0.1, 0.15) is 11.3 Å². The van der Waals surface area contributed by atoms with E-state index in [0.29, 0.717) is 17.8 Å². The molecule has 1 fully saturated rings. The predicted molar refractivity (Wildman–Crippen MR) is 87.9 cm³/mol. The van der Waals surface area contributed by atoms with E-state index in [1.807, 2.05) is 13.0 Å². The lowest BCUT2D eigenvalue weighted by Crippen LogP contribution is -2.18. The normalized spacial score (nSPS) is 25.8. The number of pyridine rings is 1. The maximum atomic E-state index is 5.99. The van der Waals surface area contributed by atoms with Crippen LogP contribution in [0, 0.1) is 18.8 Å². The summed E-state index contributed by atoms with van der Waals surface area (Å²) < 4.78 is 2.39. The first-order valence-electron chi connectivity index (χ1n) is 8.06. The average molecular weight is 306 g/mol. The van der Waals surface area contributed by atoms with Gasteiger partial charge in [-0.2, -0.15) is 0 Å². The summed E-state index contributed by atoms with van der Waals surface area (Å²) in [5, 5.41) is 0. The van der Waals surface area contributed by atoms with Gasteiger partial charge in [0.15, 0.2) is 5.65 Å². The molecule has 4 heteroatoms. The minimum absolute atomic E-state index is 0.521. The molecule has 2 aromatic heterocycles. The SMILES string of the molecule is CCC1CCC(n2c(CCCl)nc3ccc(C)nc32)C1C. The van der Waals surface area contributed by atoms with Gasteiger partial charge in [-0.05, 0) is 43.7 Å². The molecular formula is C17H24ClN3. The Labute approximate surface area is 131 Å². The highest BCUT2D eigenvalue weighted by molar-refractivity contribution is 6.17. The first kappa shape index (κ1) is 14.8. The molecule has 1 aliphatic carbocycles. The summed E-state index contributed by atoms with van der Waals surface area (Å²) in [6.07, 6.45) is 4.63. The van der Waals surface area contributed by atoms with E-state index in [2.05, 4.69) is 24.5 Å². The molecule has 3 nitrogen and oxygen atoms in total. The number of halogens is 1. The number of hydrogen-bond donors (Lipinski definition) is 0. The molecule has 2 aromatic rings. The third kappa shape index (κ3) is 2.57. The zero-order valence-electron chi connectivity index (χ0n) is 13.1. The van der Waals surface area contributed by atoms with Gasteiger partial charge in [0.25, 0.3) is 0 Å². The van der Waals surface area contributed by atoms with E-state index in [1.165, 1.54) is 19.3 Å². The fourth-order valence-electron chi connectivity index (χ4n) is 3.89. The van der Waals surface area contributed by atoms with Crippen LogP contribution in [0.4, 0.5) is 0 Å². The molecule has 0 radical (unpaired) electrons. The molecule has 0 spiro atoms. The lowest BCUT2D eigenvalue weighted by Gasteiger charge is -2.23. The van der Waals surface area contributed by atoms with E-state index in [-0.39, 0.29) is 0 Å². The standard InChI is InChI=1S/C17H24ClN3/c1-4-13-6-8-15(12(13)3)21-16(9-10-18)20-14-7-5-11(2)19-17(14)21/h5,7,12-13,15H,4,6,8-10H2,1-3H3. The van der Waals surface area contributed by atoms with E-state index in [1.54, 1.807) is 0 Å². The van der Waals surface area contributed by atoms with Gasteiger partial charge in [0.05, 0.1) is 0 Å². The van der Waals surface area contributed by atoms with Crippen LogP contribution in [0.2, 0.25) is 0 Å². The van der Waals surface area contributed by atoms with Crippen LogP contribution >= 0.6 is 11.6 Å². The van der Waals surface area contributed by atoms with Crippen molar-refractivity contribution in [3.8, 4) is 0 Å². The minimum atomic E-state index is 0.521. The molecule has 0 aromatic carbocycles. The second-order valence-corrected chi connectivity index (χ2v) is 6.68. The van der Waals surface area contributed by atoms with Crippen molar-refractivity contribution in [2.75, 3.05) is 5.88 Å². The summed E-state index contributed by atoms with van der Waals surface area (Å²) in [6, 6.07) is 4.65. The van der Waals surface area contributed by atoms with Crippen LogP contribution in [0.1, 0.15) is 50.7 Å². The minimum Gasteiger partial charge on any atom is -0.309 e. The van der Waals surface area contributed by atoms with E-state index in [0.717, 1.165) is 35.0 Å². The van der Waals surface area contributed by atoms with E-state index in [9.17, 15) is 0 Å². The van der Waals surface area contributed by atoms with Crippen molar-refractivity contribution >= 4 is 22.8 Å². The molecular weight excluding hydrogens is 282 g/mol. The predicted octanol–water partition coefficient (Wildman–Crippen LogP) is 4.52. The fraction of sp³-hybridized carbons (Fsp3) is 0.647. The Morgan fingerprint density at radius 2 is 2.10 bits per heavy atom. The maximum absolute atomic E-state index is 5.99. The van der Waals surface area contributed by atoms with E-state index in [4.69, 9.17) is 21.6 Å². The Kier molecular flexibility index (Phi) is 4.21. The molecule has 3 unspecified atom stereocenters. The third-order valence-electron chi connectivity index (χ3n) is 5.11. The summed E-state index contributed by atoms with van der Waals surface area (Å²) >= 11 is 5.99. The molecule has 0 amide bonds. The van der Waals surface area contributed by atoms with Gasteiger partial charge in [-0.15, -0.1) is 11.6 Å². The maximum Gasteiger partial charge on any atom is 0.160 e. The number of hydrogen-bond acceptors (Lipinski definition) is 2. The fourth-order valence-corrected chi connectivity index (χ4v) is 4.06. The van der Waals surface area contributed by atoms with Gasteiger partial charge in [-0.1, -0.05) is 20.3 Å². The third-order valence-corrected chi connectivity index (χ3v) is 5.30. The number of aryl methyl sites for hydroxylation is 2. The van der Waals surface area contributed by atoms with Crippen molar-refractivity contribution in [1.29, 1.82) is 0 Å². The summed E-state index contributed by atoms with van der Waals surface area (Å²) in [6.45, 7) is 6.74. The van der Waals surface area contributed by atoms with Gasteiger partial charge in [0, 0.05) is 24.0 Å². The monoisotopic (exact) mass is 305 g/mol. The number of nitrogens with zero attached hydrogens (tertiary/aromatic N) is 3. The van der Waals surface area contributed by atoms with Crippen LogP contribution in [0.3, 0.4) is 0 Å². The second-order valence-electron chi connectivity index (χ2n) is 6.30. The van der Waals surface area contributed by atoms with Crippen LogP contribution in [0.25, 0.3) is 11.2 Å². The number of imidazole rings is 1. The summed E-state index contributed by atoms with van der Waals surface area (Å²) in [5.41, 5.74) is 3.11. The molecule has 114 valence electrons. The highest BCUT2D eigenvalue weighted by atomic mass is 35.5. The average Bonchev–Trinajstić information content (AvgIpc) is 2.99. The van der Waals surface area contributed by atoms with Gasteiger partial charge in [-0.3, -0.25) is 0 Å². The highest BCUT2D eigenvalue weighted by Gasteiger charge is 2.35. The van der Waals surface area contributed by atoms with Crippen molar-refractivity contribution < 1.29 is 0 Å². The summed E-state index contributed by atoms with van der Waals surface area (Å²) in [4.78, 5) is 9.56. The van der Waals surface area contributed by atoms with Gasteiger partial charge in [0.2, 0.25) is 0 Å². The molecule has 1 aliphatic rings. The molecule has 3 rings (SSSR count). The number of fused-ring (bicyclic) bond motifs is 1. The molecule has 0 bridgehead atoms. The second kappa shape index (κ2) is 5.96. The summed E-state index contributed by atoms with van der Waals surface area (Å²) in [5.74, 6) is 3.22. The summed E-state index contributed by atoms with van der Waals surface area (Å²) in [7, 11) is 0. The molecule has 3 atom stereocenters. The van der Waals surface area contributed by atoms with E-state index >= 15 is 0 Å². The van der Waals surface area contributed by atoms with Crippen molar-refractivity contribution in [1.82, 2.24) is 14.5 Å². The van der Waals surface area contributed by atoms with Crippen molar-refractivity contribution in [3.05, 3.63) is 23.7 Å². The first-order chi connectivity index (χ1) is 10.2. The molecule has 0 aliphatic heterocycles. The van der Waals surface area contributed by atoms with Crippen molar-refractivity contribution in [2.45, 2.75) is 52.5 Å². The zero-order chi connectivity index (χ0) is 15.0. The molecule has 21 heavy (non-hydrogen) atoms. The lowest BCUT2D eigenvalue weighted by molar-refractivity contribution is 0.328. The Balaban J connectivity index is 2.10. The number of aromatic nitrogens is 3.